The Labute approximate surface area is 315 Å². The maximum atomic E-state index is 12.8. The Balaban J connectivity index is 0.000000197. The van der Waals surface area contributed by atoms with Gasteiger partial charge in [0.15, 0.2) is 0 Å². The second-order valence-corrected chi connectivity index (χ2v) is 17.2. The smallest absolute Gasteiger partial charge is 0.410 e. The van der Waals surface area contributed by atoms with Crippen LogP contribution in [0.3, 0.4) is 0 Å². The second kappa shape index (κ2) is 15.5. The number of ether oxygens (including phenoxy) is 1. The van der Waals surface area contributed by atoms with E-state index in [-0.39, 0.29) is 22.6 Å². The molecule has 1 fully saturated rings. The maximum absolute atomic E-state index is 12.8. The number of rotatable bonds is 5. The first-order valence-electron chi connectivity index (χ1n) is 15.8. The van der Waals surface area contributed by atoms with Gasteiger partial charge in [-0.25, -0.2) is 17.2 Å². The van der Waals surface area contributed by atoms with Crippen LogP contribution >= 0.6 is 47.8 Å². The van der Waals surface area contributed by atoms with E-state index < -0.39 is 21.2 Å². The molecule has 0 spiro atoms. The standard InChI is InChI=1S/C20H26BrN3O3.C16H11Br2NO3S/c1-13-11-24(19(26)27-20(2,3)4)8-7-23(13)12-14-10-22-18(25)16-6-5-15(21)9-17(14)16;17-9-11-10-19(23(21,22)13-4-2-1-3-5-13)16(20)14-7-6-12(18)8-15(11)14/h5-6,9-10,13H,7-8,11-12H2,1-4H3,(H,22,25);1-8,10H,9H2/t13-;/m1./s1. The Bertz CT molecular complexity index is 2270. The molecule has 1 saturated heterocycles. The van der Waals surface area contributed by atoms with Crippen LogP contribution < -0.4 is 11.1 Å². The Kier molecular flexibility index (Phi) is 11.8. The minimum atomic E-state index is -3.93. The summed E-state index contributed by atoms with van der Waals surface area (Å²) in [6.45, 7) is 10.5. The van der Waals surface area contributed by atoms with Crippen molar-refractivity contribution in [3.05, 3.63) is 120 Å². The van der Waals surface area contributed by atoms with Crippen LogP contribution in [0.2, 0.25) is 0 Å². The molecule has 10 nitrogen and oxygen atoms in total. The lowest BCUT2D eigenvalue weighted by molar-refractivity contribution is 0.00465. The predicted molar refractivity (Wildman–Crippen MR) is 208 cm³/mol. The van der Waals surface area contributed by atoms with Gasteiger partial charge in [0.05, 0.1) is 4.90 Å². The number of alkyl halides is 1. The average molecular weight is 893 g/mol. The number of nitrogens with one attached hydrogen (secondary N) is 1. The summed E-state index contributed by atoms with van der Waals surface area (Å²) in [7, 11) is -3.93. The average Bonchev–Trinajstić information content (AvgIpc) is 3.06. The lowest BCUT2D eigenvalue weighted by atomic mass is 10.1. The van der Waals surface area contributed by atoms with Crippen LogP contribution in [0.25, 0.3) is 21.5 Å². The van der Waals surface area contributed by atoms with Crippen LogP contribution in [0.5, 0.6) is 0 Å². The van der Waals surface area contributed by atoms with Gasteiger partial charge >= 0.3 is 6.09 Å². The molecular formula is C36H37Br3N4O6S. The first kappa shape index (κ1) is 37.9. The van der Waals surface area contributed by atoms with E-state index in [4.69, 9.17) is 4.74 Å². The Morgan fingerprint density at radius 2 is 1.52 bits per heavy atom. The first-order valence-corrected chi connectivity index (χ1v) is 20.0. The van der Waals surface area contributed by atoms with Crippen LogP contribution in [-0.2, 0) is 26.6 Å². The number of halogens is 3. The molecule has 1 aliphatic heterocycles. The van der Waals surface area contributed by atoms with Crippen LogP contribution in [-0.4, -0.2) is 64.5 Å². The molecule has 50 heavy (non-hydrogen) atoms. The Morgan fingerprint density at radius 3 is 2.12 bits per heavy atom. The molecule has 6 rings (SSSR count). The number of aromatic nitrogens is 2. The molecule has 1 N–H and O–H groups in total. The van der Waals surface area contributed by atoms with E-state index in [0.29, 0.717) is 35.7 Å². The fourth-order valence-electron chi connectivity index (χ4n) is 5.71. The molecule has 2 aromatic heterocycles. The molecule has 3 heterocycles. The summed E-state index contributed by atoms with van der Waals surface area (Å²) in [6, 6.07) is 19.0. The molecule has 1 atom stereocenters. The first-order chi connectivity index (χ1) is 23.6. The van der Waals surface area contributed by atoms with E-state index in [0.717, 1.165) is 41.4 Å². The van der Waals surface area contributed by atoms with Gasteiger partial charge in [-0.1, -0.05) is 66.0 Å². The quantitative estimate of drug-likeness (QED) is 0.180. The number of piperazine rings is 1. The fraction of sp³-hybridized carbons (Fsp3) is 0.306. The molecule has 1 aliphatic rings. The van der Waals surface area contributed by atoms with Crippen LogP contribution in [0.1, 0.15) is 38.8 Å². The Morgan fingerprint density at radius 1 is 0.900 bits per heavy atom. The van der Waals surface area contributed by atoms with Crippen molar-refractivity contribution in [2.75, 3.05) is 19.6 Å². The highest BCUT2D eigenvalue weighted by molar-refractivity contribution is 9.10. The number of pyridine rings is 2. The van der Waals surface area contributed by atoms with Gasteiger partial charge in [0.25, 0.3) is 21.1 Å². The zero-order valence-corrected chi connectivity index (χ0v) is 33.5. The van der Waals surface area contributed by atoms with Gasteiger partial charge in [0, 0.05) is 69.7 Å². The molecular weight excluding hydrogens is 856 g/mol. The fourth-order valence-corrected chi connectivity index (χ4v) is 8.19. The molecule has 0 unspecified atom stereocenters. The van der Waals surface area contributed by atoms with Gasteiger partial charge in [-0.2, -0.15) is 0 Å². The third kappa shape index (κ3) is 8.59. The van der Waals surface area contributed by atoms with Crippen LogP contribution in [0.4, 0.5) is 4.79 Å². The summed E-state index contributed by atoms with van der Waals surface area (Å²) in [6.07, 6.45) is 2.92. The summed E-state index contributed by atoms with van der Waals surface area (Å²) in [5.41, 5.74) is 0.675. The predicted octanol–water partition coefficient (Wildman–Crippen LogP) is 7.63. The number of carbonyl (C=O) groups is 1. The monoisotopic (exact) mass is 890 g/mol. The number of benzene rings is 3. The second-order valence-electron chi connectivity index (χ2n) is 13.0. The molecule has 0 bridgehead atoms. The van der Waals surface area contributed by atoms with Gasteiger partial charge in [0.2, 0.25) is 0 Å². The van der Waals surface area contributed by atoms with E-state index in [1.54, 1.807) is 41.4 Å². The van der Waals surface area contributed by atoms with Gasteiger partial charge in [0.1, 0.15) is 5.60 Å². The molecule has 0 radical (unpaired) electrons. The number of amides is 1. The normalized spacial score (nSPS) is 15.5. The van der Waals surface area contributed by atoms with Crippen molar-refractivity contribution in [3.8, 4) is 0 Å². The zero-order chi connectivity index (χ0) is 36.4. The number of nitrogens with zero attached hydrogens (tertiary/aromatic N) is 3. The zero-order valence-electron chi connectivity index (χ0n) is 28.0. The number of aromatic amines is 1. The molecule has 0 aliphatic carbocycles. The molecule has 1 amide bonds. The highest BCUT2D eigenvalue weighted by atomic mass is 79.9. The number of carbonyl (C=O) groups excluding carboxylic acids is 1. The van der Waals surface area contributed by atoms with E-state index in [1.807, 2.05) is 45.0 Å². The van der Waals surface area contributed by atoms with Gasteiger partial charge < -0.3 is 14.6 Å². The van der Waals surface area contributed by atoms with Crippen molar-refractivity contribution in [2.24, 2.45) is 0 Å². The van der Waals surface area contributed by atoms with E-state index in [1.165, 1.54) is 18.3 Å². The lowest BCUT2D eigenvalue weighted by Crippen LogP contribution is -2.54. The van der Waals surface area contributed by atoms with Crippen molar-refractivity contribution in [1.82, 2.24) is 18.8 Å². The number of fused-ring (bicyclic) bond motifs is 2. The molecule has 14 heteroatoms. The number of hydrogen-bond acceptors (Lipinski definition) is 7. The highest BCUT2D eigenvalue weighted by Crippen LogP contribution is 2.25. The van der Waals surface area contributed by atoms with Crippen molar-refractivity contribution in [3.63, 3.8) is 0 Å². The van der Waals surface area contributed by atoms with Gasteiger partial charge in [-0.15, -0.1) is 0 Å². The van der Waals surface area contributed by atoms with Crippen molar-refractivity contribution in [1.29, 1.82) is 0 Å². The third-order valence-electron chi connectivity index (χ3n) is 8.22. The van der Waals surface area contributed by atoms with Gasteiger partial charge in [-0.05, 0) is 98.1 Å². The number of hydrogen-bond donors (Lipinski definition) is 1. The molecule has 0 saturated carbocycles. The minimum absolute atomic E-state index is 0.0796. The minimum Gasteiger partial charge on any atom is -0.444 e. The molecule has 264 valence electrons. The van der Waals surface area contributed by atoms with Crippen molar-refractivity contribution < 1.29 is 17.9 Å². The topological polar surface area (TPSA) is 122 Å². The summed E-state index contributed by atoms with van der Waals surface area (Å²) < 4.78 is 33.6. The van der Waals surface area contributed by atoms with Crippen LogP contribution in [0, 0.1) is 0 Å². The third-order valence-corrected chi connectivity index (χ3v) is 11.5. The summed E-state index contributed by atoms with van der Waals surface area (Å²) >= 11 is 10.2. The van der Waals surface area contributed by atoms with E-state index >= 15 is 0 Å². The van der Waals surface area contributed by atoms with Crippen LogP contribution in [0.15, 0.2) is 103 Å². The molecule has 5 aromatic rings. The van der Waals surface area contributed by atoms with Gasteiger partial charge in [-0.3, -0.25) is 14.5 Å². The van der Waals surface area contributed by atoms with Crippen molar-refractivity contribution in [2.45, 2.75) is 56.1 Å². The summed E-state index contributed by atoms with van der Waals surface area (Å²) in [5.74, 6) is 0. The summed E-state index contributed by atoms with van der Waals surface area (Å²) in [5, 5.41) is 3.17. The lowest BCUT2D eigenvalue weighted by Gasteiger charge is -2.40. The summed E-state index contributed by atoms with van der Waals surface area (Å²) in [4.78, 5) is 44.1. The SMILES string of the molecule is C[C@@H]1CN(C(=O)OC(C)(C)C)CCN1Cc1c[nH]c(=O)c2ccc(Br)cc12.O=c1c2ccc(Br)cc2c(CBr)cn1S(=O)(=O)c1ccccc1. The van der Waals surface area contributed by atoms with E-state index in [9.17, 15) is 22.8 Å². The largest absolute Gasteiger partial charge is 0.444 e. The molecule has 3 aromatic carbocycles. The van der Waals surface area contributed by atoms with Crippen molar-refractivity contribution >= 4 is 85.5 Å². The maximum Gasteiger partial charge on any atom is 0.410 e. The van der Waals surface area contributed by atoms with E-state index in [2.05, 4.69) is 64.6 Å². The highest BCUT2D eigenvalue weighted by Gasteiger charge is 2.30. The Hall–Kier alpha value is -3.30. The number of H-pyrrole nitrogens is 1.